The number of nitro benzene ring substituents is 1. The Balaban J connectivity index is 2.12. The lowest BCUT2D eigenvalue weighted by Gasteiger charge is -2.12. The molecular formula is C16H10F2N2O5. The Morgan fingerprint density at radius 1 is 1.16 bits per heavy atom. The van der Waals surface area contributed by atoms with Gasteiger partial charge in [-0.15, -0.1) is 0 Å². The summed E-state index contributed by atoms with van der Waals surface area (Å²) in [6.07, 6.45) is 0.854. The van der Waals surface area contributed by atoms with Crippen molar-refractivity contribution in [2.24, 2.45) is 0 Å². The predicted octanol–water partition coefficient (Wildman–Crippen LogP) is 3.93. The zero-order valence-electron chi connectivity index (χ0n) is 12.7. The number of phenols is 1. The van der Waals surface area contributed by atoms with E-state index >= 15 is 0 Å². The van der Waals surface area contributed by atoms with Crippen molar-refractivity contribution in [3.63, 3.8) is 0 Å². The van der Waals surface area contributed by atoms with Gasteiger partial charge >= 0.3 is 0 Å². The molecule has 0 aliphatic rings. The fourth-order valence-corrected chi connectivity index (χ4v) is 2.22. The standard InChI is InChI=1S/C16H10F2N2O5/c1-24-15-5-9-12(6-13(15)21)19-7-11(18)16(9)25-14-3-2-8(20(22)23)4-10(14)17/h2-7,21H,1H3. The molecule has 0 atom stereocenters. The van der Waals surface area contributed by atoms with Crippen LogP contribution in [0.25, 0.3) is 10.9 Å². The fourth-order valence-electron chi connectivity index (χ4n) is 2.22. The van der Waals surface area contributed by atoms with Crippen LogP contribution in [-0.2, 0) is 0 Å². The topological polar surface area (TPSA) is 94.7 Å². The van der Waals surface area contributed by atoms with Crippen LogP contribution < -0.4 is 9.47 Å². The molecule has 0 saturated heterocycles. The maximum Gasteiger partial charge on any atom is 0.272 e. The first-order valence-electron chi connectivity index (χ1n) is 6.87. The maximum absolute atomic E-state index is 14.2. The summed E-state index contributed by atoms with van der Waals surface area (Å²) in [6.45, 7) is 0. The number of hydrogen-bond acceptors (Lipinski definition) is 6. The number of benzene rings is 2. The van der Waals surface area contributed by atoms with Gasteiger partial charge in [0.25, 0.3) is 5.69 Å². The Bertz CT molecular complexity index is 994. The molecule has 2 aromatic carbocycles. The van der Waals surface area contributed by atoms with Gasteiger partial charge in [-0.3, -0.25) is 15.1 Å². The van der Waals surface area contributed by atoms with E-state index in [1.165, 1.54) is 19.2 Å². The second kappa shape index (κ2) is 6.19. The van der Waals surface area contributed by atoms with E-state index in [9.17, 15) is 24.0 Å². The lowest BCUT2D eigenvalue weighted by Crippen LogP contribution is -1.96. The van der Waals surface area contributed by atoms with Crippen molar-refractivity contribution in [2.45, 2.75) is 0 Å². The molecule has 25 heavy (non-hydrogen) atoms. The number of phenolic OH excluding ortho intramolecular Hbond substituents is 1. The Kier molecular flexibility index (Phi) is 4.05. The number of halogens is 2. The fraction of sp³-hybridized carbons (Fsp3) is 0.0625. The summed E-state index contributed by atoms with van der Waals surface area (Å²) in [7, 11) is 1.31. The normalized spacial score (nSPS) is 10.7. The number of nitro groups is 1. The second-order valence-corrected chi connectivity index (χ2v) is 4.95. The predicted molar refractivity (Wildman–Crippen MR) is 83.0 cm³/mol. The lowest BCUT2D eigenvalue weighted by atomic mass is 10.1. The minimum atomic E-state index is -1.02. The van der Waals surface area contributed by atoms with Gasteiger partial charge in [0.1, 0.15) is 0 Å². The highest BCUT2D eigenvalue weighted by Crippen LogP contribution is 2.38. The molecule has 0 aliphatic heterocycles. The Labute approximate surface area is 139 Å². The van der Waals surface area contributed by atoms with Gasteiger partial charge in [0, 0.05) is 17.5 Å². The molecule has 0 radical (unpaired) electrons. The van der Waals surface area contributed by atoms with E-state index < -0.39 is 28.0 Å². The number of aromatic nitrogens is 1. The zero-order chi connectivity index (χ0) is 18.1. The summed E-state index contributed by atoms with van der Waals surface area (Å²) in [5, 5.41) is 20.5. The van der Waals surface area contributed by atoms with Crippen LogP contribution >= 0.6 is 0 Å². The minimum Gasteiger partial charge on any atom is -0.504 e. The van der Waals surface area contributed by atoms with E-state index in [0.29, 0.717) is 6.07 Å². The summed E-state index contributed by atoms with van der Waals surface area (Å²) in [4.78, 5) is 13.7. The second-order valence-electron chi connectivity index (χ2n) is 4.95. The van der Waals surface area contributed by atoms with Crippen molar-refractivity contribution >= 4 is 16.6 Å². The van der Waals surface area contributed by atoms with Gasteiger partial charge in [-0.05, 0) is 12.1 Å². The van der Waals surface area contributed by atoms with Gasteiger partial charge in [-0.2, -0.15) is 0 Å². The quantitative estimate of drug-likeness (QED) is 0.567. The first-order valence-corrected chi connectivity index (χ1v) is 6.87. The summed E-state index contributed by atoms with van der Waals surface area (Å²) < 4.78 is 38.4. The molecule has 0 fully saturated rings. The molecule has 7 nitrogen and oxygen atoms in total. The monoisotopic (exact) mass is 348 g/mol. The third-order valence-electron chi connectivity index (χ3n) is 3.41. The van der Waals surface area contributed by atoms with Crippen LogP contribution in [0.4, 0.5) is 14.5 Å². The molecule has 0 spiro atoms. The highest BCUT2D eigenvalue weighted by molar-refractivity contribution is 5.88. The van der Waals surface area contributed by atoms with E-state index in [4.69, 9.17) is 9.47 Å². The Hall–Kier alpha value is -3.49. The van der Waals surface area contributed by atoms with Gasteiger partial charge in [-0.25, -0.2) is 8.78 Å². The number of non-ortho nitro benzene ring substituents is 1. The number of methoxy groups -OCH3 is 1. The van der Waals surface area contributed by atoms with Gasteiger partial charge in [0.15, 0.2) is 34.6 Å². The number of pyridine rings is 1. The average Bonchev–Trinajstić information content (AvgIpc) is 2.58. The molecule has 0 saturated carbocycles. The molecular weight excluding hydrogens is 338 g/mol. The van der Waals surface area contributed by atoms with Crippen LogP contribution in [0, 0.1) is 21.7 Å². The first kappa shape index (κ1) is 16.4. The molecule has 0 unspecified atom stereocenters. The lowest BCUT2D eigenvalue weighted by molar-refractivity contribution is -0.385. The molecule has 1 aromatic heterocycles. The number of ether oxygens (including phenoxy) is 2. The molecule has 1 heterocycles. The highest BCUT2D eigenvalue weighted by Gasteiger charge is 2.18. The van der Waals surface area contributed by atoms with Crippen molar-refractivity contribution in [1.29, 1.82) is 0 Å². The number of nitrogens with zero attached hydrogens (tertiary/aromatic N) is 2. The summed E-state index contributed by atoms with van der Waals surface area (Å²) >= 11 is 0. The van der Waals surface area contributed by atoms with Gasteiger partial charge in [-0.1, -0.05) is 0 Å². The molecule has 0 bridgehead atoms. The van der Waals surface area contributed by atoms with Crippen molar-refractivity contribution in [2.75, 3.05) is 7.11 Å². The number of fused-ring (bicyclic) bond motifs is 1. The Morgan fingerprint density at radius 3 is 2.56 bits per heavy atom. The van der Waals surface area contributed by atoms with E-state index in [1.807, 2.05) is 0 Å². The van der Waals surface area contributed by atoms with Crippen molar-refractivity contribution < 1.29 is 28.3 Å². The van der Waals surface area contributed by atoms with Crippen LogP contribution in [0.1, 0.15) is 0 Å². The van der Waals surface area contributed by atoms with Gasteiger partial charge in [0.05, 0.1) is 29.8 Å². The van der Waals surface area contributed by atoms with Crippen LogP contribution in [0.3, 0.4) is 0 Å². The van der Waals surface area contributed by atoms with E-state index in [-0.39, 0.29) is 28.2 Å². The van der Waals surface area contributed by atoms with Crippen LogP contribution in [-0.4, -0.2) is 22.1 Å². The summed E-state index contributed by atoms with van der Waals surface area (Å²) in [5.74, 6) is -2.81. The van der Waals surface area contributed by atoms with Crippen molar-refractivity contribution in [1.82, 2.24) is 4.98 Å². The van der Waals surface area contributed by atoms with Crippen molar-refractivity contribution in [3.8, 4) is 23.0 Å². The van der Waals surface area contributed by atoms with Crippen molar-refractivity contribution in [3.05, 3.63) is 58.3 Å². The van der Waals surface area contributed by atoms with E-state index in [2.05, 4.69) is 4.98 Å². The largest absolute Gasteiger partial charge is 0.504 e. The van der Waals surface area contributed by atoms with Crippen LogP contribution in [0.2, 0.25) is 0 Å². The maximum atomic E-state index is 14.2. The first-order chi connectivity index (χ1) is 11.9. The highest BCUT2D eigenvalue weighted by atomic mass is 19.1. The van der Waals surface area contributed by atoms with Gasteiger partial charge in [0.2, 0.25) is 0 Å². The van der Waals surface area contributed by atoms with E-state index in [1.54, 1.807) is 0 Å². The van der Waals surface area contributed by atoms with Gasteiger partial charge < -0.3 is 14.6 Å². The smallest absolute Gasteiger partial charge is 0.272 e. The molecule has 1 N–H and O–H groups in total. The summed E-state index contributed by atoms with van der Waals surface area (Å²) in [6, 6.07) is 5.26. The molecule has 128 valence electrons. The molecule has 0 amide bonds. The number of rotatable bonds is 4. The summed E-state index contributed by atoms with van der Waals surface area (Å²) in [5.41, 5.74) is -0.270. The molecule has 3 rings (SSSR count). The third-order valence-corrected chi connectivity index (χ3v) is 3.41. The average molecular weight is 348 g/mol. The van der Waals surface area contributed by atoms with E-state index in [0.717, 1.165) is 18.3 Å². The number of aromatic hydroxyl groups is 1. The minimum absolute atomic E-state index is 0.0499. The SMILES string of the molecule is COc1cc2c(Oc3ccc([N+](=O)[O-])cc3F)c(F)cnc2cc1O. The Morgan fingerprint density at radius 2 is 1.92 bits per heavy atom. The molecule has 0 aliphatic carbocycles. The molecule has 3 aromatic rings. The molecule has 9 heteroatoms. The third kappa shape index (κ3) is 2.99. The zero-order valence-corrected chi connectivity index (χ0v) is 12.7. The number of hydrogen-bond donors (Lipinski definition) is 1. The van der Waals surface area contributed by atoms with Crippen LogP contribution in [0.5, 0.6) is 23.0 Å². The van der Waals surface area contributed by atoms with Crippen LogP contribution in [0.15, 0.2) is 36.5 Å².